The van der Waals surface area contributed by atoms with E-state index in [1.807, 2.05) is 0 Å². The van der Waals surface area contributed by atoms with Crippen LogP contribution in [0, 0.1) is 76.2 Å². The second kappa shape index (κ2) is 7.48. The van der Waals surface area contributed by atoms with E-state index in [1.165, 1.54) is 83.5 Å². The van der Waals surface area contributed by atoms with Crippen LogP contribution in [-0.2, 0) is 0 Å². The molecule has 0 fully saturated rings. The molecule has 29 heavy (non-hydrogen) atoms. The lowest BCUT2D eigenvalue weighted by atomic mass is 9.81. The summed E-state index contributed by atoms with van der Waals surface area (Å²) >= 11 is 0. The molecule has 152 valence electrons. The topological polar surface area (TPSA) is 0 Å². The van der Waals surface area contributed by atoms with Crippen molar-refractivity contribution in [3.05, 3.63) is 79.4 Å². The summed E-state index contributed by atoms with van der Waals surface area (Å²) < 4.78 is 0. The fourth-order valence-electron chi connectivity index (χ4n) is 4.99. The SMILES string of the molecule is Cc1c(-c2c(C)c(C)c(C)c(C)c2C)cccc1-c1c(C)c(C)c(C)c(C)c1C. The molecule has 0 radical (unpaired) electrons. The molecule has 0 nitrogen and oxygen atoms in total. The largest absolute Gasteiger partial charge is 0.0610 e. The normalized spacial score (nSPS) is 11.3. The maximum Gasteiger partial charge on any atom is -0.0117 e. The molecule has 0 aliphatic rings. The first-order valence-electron chi connectivity index (χ1n) is 10.7. The molecule has 3 aromatic rings. The molecule has 0 amide bonds. The van der Waals surface area contributed by atoms with E-state index in [-0.39, 0.29) is 0 Å². The van der Waals surface area contributed by atoms with E-state index in [0.29, 0.717) is 0 Å². The average molecular weight is 385 g/mol. The van der Waals surface area contributed by atoms with E-state index >= 15 is 0 Å². The maximum absolute atomic E-state index is 2.31. The van der Waals surface area contributed by atoms with E-state index in [1.54, 1.807) is 0 Å². The average Bonchev–Trinajstić information content (AvgIpc) is 2.70. The van der Waals surface area contributed by atoms with Crippen LogP contribution in [0.2, 0.25) is 0 Å². The molecule has 3 aromatic carbocycles. The van der Waals surface area contributed by atoms with Gasteiger partial charge in [0.05, 0.1) is 0 Å². The number of rotatable bonds is 2. The van der Waals surface area contributed by atoms with E-state index in [0.717, 1.165) is 0 Å². The highest BCUT2D eigenvalue weighted by Crippen LogP contribution is 2.41. The minimum Gasteiger partial charge on any atom is -0.0610 e. The fourth-order valence-corrected chi connectivity index (χ4v) is 4.99. The quantitative estimate of drug-likeness (QED) is 0.416. The molecular formula is C29H36. The van der Waals surface area contributed by atoms with Gasteiger partial charge < -0.3 is 0 Å². The lowest BCUT2D eigenvalue weighted by Crippen LogP contribution is -2.03. The first-order valence-corrected chi connectivity index (χ1v) is 10.7. The minimum atomic E-state index is 1.37. The standard InChI is InChI=1S/C29H36/c1-15-17(3)21(7)28(22(8)18(15)4)26-13-12-14-27(25(26)11)29-23(9)19(5)16(2)20(6)24(29)10/h12-14H,1-11H3. The van der Waals surface area contributed by atoms with Crippen LogP contribution >= 0.6 is 0 Å². The highest BCUT2D eigenvalue weighted by Gasteiger charge is 2.20. The Kier molecular flexibility index (Phi) is 5.52. The Labute approximate surface area is 178 Å². The van der Waals surface area contributed by atoms with Gasteiger partial charge in [-0.25, -0.2) is 0 Å². The van der Waals surface area contributed by atoms with Gasteiger partial charge in [0.15, 0.2) is 0 Å². The van der Waals surface area contributed by atoms with Crippen LogP contribution < -0.4 is 0 Å². The van der Waals surface area contributed by atoms with E-state index in [9.17, 15) is 0 Å². The molecule has 0 atom stereocenters. The molecule has 0 aromatic heterocycles. The lowest BCUT2D eigenvalue weighted by molar-refractivity contribution is 1.17. The highest BCUT2D eigenvalue weighted by atomic mass is 14.2. The van der Waals surface area contributed by atoms with Crippen molar-refractivity contribution in [1.82, 2.24) is 0 Å². The van der Waals surface area contributed by atoms with Crippen molar-refractivity contribution in [3.63, 3.8) is 0 Å². The zero-order valence-electron chi connectivity index (χ0n) is 20.2. The van der Waals surface area contributed by atoms with Crippen molar-refractivity contribution in [2.75, 3.05) is 0 Å². The Morgan fingerprint density at radius 3 is 0.828 bits per heavy atom. The molecule has 0 bridgehead atoms. The molecule has 0 spiro atoms. The Morgan fingerprint density at radius 1 is 0.310 bits per heavy atom. The second-order valence-corrected chi connectivity index (χ2v) is 8.98. The first-order chi connectivity index (χ1) is 13.5. The third-order valence-corrected chi connectivity index (χ3v) is 7.87. The minimum absolute atomic E-state index is 1.37. The highest BCUT2D eigenvalue weighted by molar-refractivity contribution is 5.85. The van der Waals surface area contributed by atoms with Gasteiger partial charge in [0, 0.05) is 0 Å². The van der Waals surface area contributed by atoms with Crippen LogP contribution in [0.15, 0.2) is 18.2 Å². The van der Waals surface area contributed by atoms with Gasteiger partial charge >= 0.3 is 0 Å². The van der Waals surface area contributed by atoms with Crippen LogP contribution in [0.1, 0.15) is 61.2 Å². The van der Waals surface area contributed by atoms with Crippen molar-refractivity contribution >= 4 is 0 Å². The summed E-state index contributed by atoms with van der Waals surface area (Å²) in [5.41, 5.74) is 21.1. The molecule has 0 saturated heterocycles. The molecule has 0 saturated carbocycles. The summed E-state index contributed by atoms with van der Waals surface area (Å²) in [4.78, 5) is 0. The number of hydrogen-bond donors (Lipinski definition) is 0. The van der Waals surface area contributed by atoms with Crippen molar-refractivity contribution in [1.29, 1.82) is 0 Å². The van der Waals surface area contributed by atoms with Crippen LogP contribution in [0.3, 0.4) is 0 Å². The van der Waals surface area contributed by atoms with Gasteiger partial charge in [-0.05, 0) is 160 Å². The second-order valence-electron chi connectivity index (χ2n) is 8.98. The van der Waals surface area contributed by atoms with Gasteiger partial charge in [-0.3, -0.25) is 0 Å². The summed E-state index contributed by atoms with van der Waals surface area (Å²) in [6.07, 6.45) is 0. The lowest BCUT2D eigenvalue weighted by Gasteiger charge is -2.24. The molecular weight excluding hydrogens is 348 g/mol. The summed E-state index contributed by atoms with van der Waals surface area (Å²) in [5, 5.41) is 0. The van der Waals surface area contributed by atoms with Crippen LogP contribution in [0.5, 0.6) is 0 Å². The van der Waals surface area contributed by atoms with E-state index in [2.05, 4.69) is 94.4 Å². The molecule has 0 N–H and O–H groups in total. The molecule has 0 heterocycles. The van der Waals surface area contributed by atoms with Gasteiger partial charge in [0.25, 0.3) is 0 Å². The summed E-state index contributed by atoms with van der Waals surface area (Å²) in [6, 6.07) is 6.85. The van der Waals surface area contributed by atoms with Gasteiger partial charge in [-0.15, -0.1) is 0 Å². The molecule has 0 heteroatoms. The Balaban J connectivity index is 2.40. The first kappa shape index (κ1) is 21.4. The Bertz CT molecular complexity index is 994. The van der Waals surface area contributed by atoms with Crippen LogP contribution in [0.4, 0.5) is 0 Å². The zero-order chi connectivity index (χ0) is 21.8. The Morgan fingerprint density at radius 2 is 0.552 bits per heavy atom. The van der Waals surface area contributed by atoms with Crippen LogP contribution in [-0.4, -0.2) is 0 Å². The monoisotopic (exact) mass is 384 g/mol. The van der Waals surface area contributed by atoms with Crippen molar-refractivity contribution < 1.29 is 0 Å². The smallest absolute Gasteiger partial charge is 0.0117 e. The molecule has 0 aliphatic carbocycles. The predicted molar refractivity (Wildman–Crippen MR) is 129 cm³/mol. The summed E-state index contributed by atoms with van der Waals surface area (Å²) in [6.45, 7) is 25.0. The number of benzene rings is 3. The van der Waals surface area contributed by atoms with E-state index < -0.39 is 0 Å². The predicted octanol–water partition coefficient (Wildman–Crippen LogP) is 8.41. The maximum atomic E-state index is 2.31. The molecule has 3 rings (SSSR count). The van der Waals surface area contributed by atoms with Crippen molar-refractivity contribution in [3.8, 4) is 22.3 Å². The van der Waals surface area contributed by atoms with E-state index in [4.69, 9.17) is 0 Å². The molecule has 0 aliphatic heterocycles. The van der Waals surface area contributed by atoms with Crippen LogP contribution in [0.25, 0.3) is 22.3 Å². The van der Waals surface area contributed by atoms with Gasteiger partial charge in [-0.1, -0.05) is 18.2 Å². The summed E-state index contributed by atoms with van der Waals surface area (Å²) in [5.74, 6) is 0. The van der Waals surface area contributed by atoms with Gasteiger partial charge in [-0.2, -0.15) is 0 Å². The third kappa shape index (κ3) is 3.14. The Hall–Kier alpha value is -2.34. The van der Waals surface area contributed by atoms with Gasteiger partial charge in [0.1, 0.15) is 0 Å². The third-order valence-electron chi connectivity index (χ3n) is 7.87. The fraction of sp³-hybridized carbons (Fsp3) is 0.379. The van der Waals surface area contributed by atoms with Crippen molar-refractivity contribution in [2.45, 2.75) is 76.2 Å². The van der Waals surface area contributed by atoms with Crippen molar-refractivity contribution in [2.24, 2.45) is 0 Å². The van der Waals surface area contributed by atoms with Gasteiger partial charge in [0.2, 0.25) is 0 Å². The molecule has 0 unspecified atom stereocenters. The summed E-state index contributed by atoms with van der Waals surface area (Å²) in [7, 11) is 0. The zero-order valence-corrected chi connectivity index (χ0v) is 20.2. The number of hydrogen-bond acceptors (Lipinski definition) is 0.